The number of pyridine rings is 1. The highest BCUT2D eigenvalue weighted by Crippen LogP contribution is 2.12. The first-order valence-corrected chi connectivity index (χ1v) is 4.71. The van der Waals surface area contributed by atoms with E-state index in [1.165, 1.54) is 11.3 Å². The van der Waals surface area contributed by atoms with Gasteiger partial charge in [-0.05, 0) is 40.4 Å². The fourth-order valence-electron chi connectivity index (χ4n) is 1.13. The monoisotopic (exact) mass is 213 g/mol. The van der Waals surface area contributed by atoms with Gasteiger partial charge < -0.3 is 0 Å². The van der Waals surface area contributed by atoms with E-state index in [4.69, 9.17) is 0 Å². The van der Waals surface area contributed by atoms with E-state index in [1.807, 2.05) is 6.07 Å². The molecule has 60 valence electrons. The van der Waals surface area contributed by atoms with E-state index in [0.29, 0.717) is 0 Å². The van der Waals surface area contributed by atoms with Crippen molar-refractivity contribution in [3.63, 3.8) is 0 Å². The van der Waals surface area contributed by atoms with Crippen molar-refractivity contribution in [3.8, 4) is 0 Å². The van der Waals surface area contributed by atoms with Crippen LogP contribution in [0.15, 0.2) is 16.7 Å². The minimum Gasteiger partial charge on any atom is -0.246 e. The van der Waals surface area contributed by atoms with Crippen LogP contribution in [0.3, 0.4) is 0 Å². The van der Waals surface area contributed by atoms with Gasteiger partial charge in [-0.2, -0.15) is 0 Å². The van der Waals surface area contributed by atoms with Gasteiger partial charge in [0.15, 0.2) is 0 Å². The number of rotatable bonds is 2. The molecule has 0 spiro atoms. The molecule has 0 bridgehead atoms. The number of halogens is 1. The van der Waals surface area contributed by atoms with Gasteiger partial charge in [-0.15, -0.1) is 0 Å². The second-order valence-electron chi connectivity index (χ2n) is 2.45. The molecule has 0 unspecified atom stereocenters. The molecule has 0 aliphatic rings. The van der Waals surface area contributed by atoms with Crippen LogP contribution in [0.25, 0.3) is 0 Å². The van der Waals surface area contributed by atoms with E-state index in [9.17, 15) is 0 Å². The molecule has 0 aromatic carbocycles. The minimum atomic E-state index is 0.937. The highest BCUT2D eigenvalue weighted by atomic mass is 79.9. The smallest absolute Gasteiger partial charge is 0.106 e. The molecule has 0 fully saturated rings. The average Bonchev–Trinajstić information content (AvgIpc) is 2.04. The molecule has 0 radical (unpaired) electrons. The van der Waals surface area contributed by atoms with Gasteiger partial charge >= 0.3 is 0 Å². The van der Waals surface area contributed by atoms with Crippen molar-refractivity contribution in [1.82, 2.24) is 4.98 Å². The maximum Gasteiger partial charge on any atom is 0.106 e. The lowest BCUT2D eigenvalue weighted by Gasteiger charge is -2.03. The third kappa shape index (κ3) is 2.03. The Bertz CT molecular complexity index is 245. The standard InChI is InChI=1S/C9H12BrN/c1-3-7-5-6-9(10)11-8(7)4-2/h5-6H,3-4H2,1-2H3. The Morgan fingerprint density at radius 1 is 1.27 bits per heavy atom. The van der Waals surface area contributed by atoms with Crippen molar-refractivity contribution in [2.75, 3.05) is 0 Å². The zero-order valence-corrected chi connectivity index (χ0v) is 8.48. The molecule has 0 saturated carbocycles. The van der Waals surface area contributed by atoms with Crippen LogP contribution >= 0.6 is 15.9 Å². The summed E-state index contributed by atoms with van der Waals surface area (Å²) in [5, 5.41) is 0. The summed E-state index contributed by atoms with van der Waals surface area (Å²) >= 11 is 3.36. The van der Waals surface area contributed by atoms with Gasteiger partial charge in [0.05, 0.1) is 0 Å². The van der Waals surface area contributed by atoms with Crippen LogP contribution in [-0.4, -0.2) is 4.98 Å². The van der Waals surface area contributed by atoms with Gasteiger partial charge in [-0.25, -0.2) is 4.98 Å². The molecule has 0 saturated heterocycles. The molecule has 1 aromatic rings. The number of aryl methyl sites for hydroxylation is 2. The Hall–Kier alpha value is -0.370. The van der Waals surface area contributed by atoms with Crippen molar-refractivity contribution in [2.45, 2.75) is 26.7 Å². The second kappa shape index (κ2) is 3.86. The van der Waals surface area contributed by atoms with Crippen LogP contribution < -0.4 is 0 Å². The van der Waals surface area contributed by atoms with Gasteiger partial charge in [0, 0.05) is 5.69 Å². The summed E-state index contributed by atoms with van der Waals surface area (Å²) in [6.45, 7) is 4.29. The molecule has 1 rings (SSSR count). The van der Waals surface area contributed by atoms with E-state index in [-0.39, 0.29) is 0 Å². The third-order valence-electron chi connectivity index (χ3n) is 1.75. The van der Waals surface area contributed by atoms with E-state index in [2.05, 4.69) is 40.8 Å². The SMILES string of the molecule is CCc1ccc(Br)nc1CC. The molecule has 0 atom stereocenters. The summed E-state index contributed by atoms with van der Waals surface area (Å²) in [4.78, 5) is 4.38. The Labute approximate surface area is 76.0 Å². The van der Waals surface area contributed by atoms with E-state index < -0.39 is 0 Å². The molecule has 0 N–H and O–H groups in total. The zero-order chi connectivity index (χ0) is 8.27. The summed E-state index contributed by atoms with van der Waals surface area (Å²) in [6.07, 6.45) is 2.09. The molecule has 0 amide bonds. The Morgan fingerprint density at radius 2 is 2.00 bits per heavy atom. The second-order valence-corrected chi connectivity index (χ2v) is 3.26. The van der Waals surface area contributed by atoms with Crippen molar-refractivity contribution >= 4 is 15.9 Å². The fraction of sp³-hybridized carbons (Fsp3) is 0.444. The van der Waals surface area contributed by atoms with Crippen molar-refractivity contribution in [2.24, 2.45) is 0 Å². The highest BCUT2D eigenvalue weighted by Gasteiger charge is 1.99. The van der Waals surface area contributed by atoms with Crippen molar-refractivity contribution in [3.05, 3.63) is 28.0 Å². The lowest BCUT2D eigenvalue weighted by Crippen LogP contribution is -1.94. The van der Waals surface area contributed by atoms with Gasteiger partial charge in [-0.1, -0.05) is 19.9 Å². The summed E-state index contributed by atoms with van der Waals surface area (Å²) < 4.78 is 0.937. The molecular formula is C9H12BrN. The quantitative estimate of drug-likeness (QED) is 0.689. The largest absolute Gasteiger partial charge is 0.246 e. The molecule has 1 aromatic heterocycles. The number of aromatic nitrogens is 1. The van der Waals surface area contributed by atoms with E-state index in [0.717, 1.165) is 17.4 Å². The first-order valence-electron chi connectivity index (χ1n) is 3.92. The summed E-state index contributed by atoms with van der Waals surface area (Å²) in [5.41, 5.74) is 2.57. The number of hydrogen-bond donors (Lipinski definition) is 0. The molecule has 11 heavy (non-hydrogen) atoms. The third-order valence-corrected chi connectivity index (χ3v) is 2.19. The summed E-state index contributed by atoms with van der Waals surface area (Å²) in [5.74, 6) is 0. The fourth-order valence-corrected chi connectivity index (χ4v) is 1.48. The molecule has 1 nitrogen and oxygen atoms in total. The van der Waals surface area contributed by atoms with Gasteiger partial charge in [-0.3, -0.25) is 0 Å². The molecular weight excluding hydrogens is 202 g/mol. The molecule has 2 heteroatoms. The molecule has 1 heterocycles. The van der Waals surface area contributed by atoms with Crippen LogP contribution in [0.4, 0.5) is 0 Å². The van der Waals surface area contributed by atoms with E-state index in [1.54, 1.807) is 0 Å². The van der Waals surface area contributed by atoms with Crippen LogP contribution in [0.5, 0.6) is 0 Å². The number of nitrogens with zero attached hydrogens (tertiary/aromatic N) is 1. The van der Waals surface area contributed by atoms with Gasteiger partial charge in [0.2, 0.25) is 0 Å². The summed E-state index contributed by atoms with van der Waals surface area (Å²) in [7, 11) is 0. The summed E-state index contributed by atoms with van der Waals surface area (Å²) in [6, 6.07) is 4.13. The Morgan fingerprint density at radius 3 is 2.55 bits per heavy atom. The highest BCUT2D eigenvalue weighted by molar-refractivity contribution is 9.10. The van der Waals surface area contributed by atoms with Crippen LogP contribution in [-0.2, 0) is 12.8 Å². The Kier molecular flexibility index (Phi) is 3.06. The van der Waals surface area contributed by atoms with Gasteiger partial charge in [0.25, 0.3) is 0 Å². The van der Waals surface area contributed by atoms with Crippen molar-refractivity contribution in [1.29, 1.82) is 0 Å². The molecule has 0 aliphatic heterocycles. The topological polar surface area (TPSA) is 12.9 Å². The maximum absolute atomic E-state index is 4.38. The maximum atomic E-state index is 4.38. The zero-order valence-electron chi connectivity index (χ0n) is 6.89. The van der Waals surface area contributed by atoms with Gasteiger partial charge in [0.1, 0.15) is 4.60 Å². The number of hydrogen-bond acceptors (Lipinski definition) is 1. The molecule has 0 aliphatic carbocycles. The normalized spacial score (nSPS) is 10.1. The van der Waals surface area contributed by atoms with Crippen LogP contribution in [0.1, 0.15) is 25.1 Å². The predicted molar refractivity (Wildman–Crippen MR) is 50.7 cm³/mol. The first kappa shape index (κ1) is 8.72. The first-order chi connectivity index (χ1) is 5.27. The van der Waals surface area contributed by atoms with Crippen LogP contribution in [0.2, 0.25) is 0 Å². The minimum absolute atomic E-state index is 0.937. The van der Waals surface area contributed by atoms with Crippen LogP contribution in [0, 0.1) is 0 Å². The lowest BCUT2D eigenvalue weighted by molar-refractivity contribution is 0.954. The predicted octanol–water partition coefficient (Wildman–Crippen LogP) is 2.97. The van der Waals surface area contributed by atoms with E-state index >= 15 is 0 Å². The van der Waals surface area contributed by atoms with Crippen molar-refractivity contribution < 1.29 is 0 Å². The lowest BCUT2D eigenvalue weighted by atomic mass is 10.1. The average molecular weight is 214 g/mol. The Balaban J connectivity index is 3.06.